The van der Waals surface area contributed by atoms with Crippen molar-refractivity contribution in [2.75, 3.05) is 13.7 Å². The third-order valence-corrected chi connectivity index (χ3v) is 2.14. The van der Waals surface area contributed by atoms with Gasteiger partial charge in [0, 0.05) is 13.5 Å². The summed E-state index contributed by atoms with van der Waals surface area (Å²) in [5, 5.41) is 6.94. The summed E-state index contributed by atoms with van der Waals surface area (Å²) in [7, 11) is 1.44. The smallest absolute Gasteiger partial charge is 0.388 e. The number of hydrogen-bond acceptors (Lipinski definition) is 4. The summed E-state index contributed by atoms with van der Waals surface area (Å²) >= 11 is 4.69. The second kappa shape index (κ2) is 5.41. The fraction of sp³-hybridized carbons (Fsp3) is 0.625. The van der Waals surface area contributed by atoms with Crippen molar-refractivity contribution in [3.8, 4) is 0 Å². The Bertz CT molecular complexity index is 404. The van der Waals surface area contributed by atoms with Crippen LogP contribution in [-0.2, 0) is 17.7 Å². The van der Waals surface area contributed by atoms with Crippen molar-refractivity contribution in [1.82, 2.24) is 15.0 Å². The molecule has 1 heterocycles. The lowest BCUT2D eigenvalue weighted by Gasteiger charge is -2.09. The molecule has 0 unspecified atom stereocenters. The molecule has 1 aromatic heterocycles. The zero-order chi connectivity index (χ0) is 13.1. The minimum Gasteiger partial charge on any atom is -0.388 e. The molecule has 0 amide bonds. The molecule has 2 N–H and O–H groups in total. The van der Waals surface area contributed by atoms with Crippen molar-refractivity contribution in [3.63, 3.8) is 0 Å². The van der Waals surface area contributed by atoms with Crippen molar-refractivity contribution in [1.29, 1.82) is 0 Å². The van der Waals surface area contributed by atoms with Gasteiger partial charge in [0.15, 0.2) is 0 Å². The van der Waals surface area contributed by atoms with Gasteiger partial charge in [0.1, 0.15) is 17.2 Å². The summed E-state index contributed by atoms with van der Waals surface area (Å²) in [6.07, 6.45) is -4.16. The maximum Gasteiger partial charge on any atom is 0.408 e. The Morgan fingerprint density at radius 3 is 2.65 bits per heavy atom. The minimum atomic E-state index is -4.37. The Hall–Kier alpha value is -1.22. The van der Waals surface area contributed by atoms with Crippen molar-refractivity contribution < 1.29 is 17.9 Å². The number of ether oxygens (including phenoxy) is 1. The van der Waals surface area contributed by atoms with E-state index >= 15 is 0 Å². The van der Waals surface area contributed by atoms with Crippen LogP contribution in [0.5, 0.6) is 0 Å². The summed E-state index contributed by atoms with van der Waals surface area (Å²) in [5.74, 6) is 0. The normalized spacial score (nSPS) is 11.8. The molecule has 96 valence electrons. The first-order valence-corrected chi connectivity index (χ1v) is 5.04. The zero-order valence-electron chi connectivity index (χ0n) is 8.99. The maximum absolute atomic E-state index is 12.3. The van der Waals surface area contributed by atoms with Gasteiger partial charge in [-0.3, -0.25) is 0 Å². The van der Waals surface area contributed by atoms with E-state index in [1.54, 1.807) is 0 Å². The van der Waals surface area contributed by atoms with E-state index in [1.807, 2.05) is 0 Å². The summed E-state index contributed by atoms with van der Waals surface area (Å²) in [6.45, 7) is -0.984. The van der Waals surface area contributed by atoms with Gasteiger partial charge < -0.3 is 10.5 Å². The van der Waals surface area contributed by atoms with E-state index in [1.165, 1.54) is 7.11 Å². The molecule has 1 rings (SSSR count). The van der Waals surface area contributed by atoms with Crippen LogP contribution in [0.15, 0.2) is 0 Å². The Labute approximate surface area is 101 Å². The van der Waals surface area contributed by atoms with Crippen molar-refractivity contribution in [2.24, 2.45) is 5.73 Å². The molecule has 0 atom stereocenters. The molecule has 5 nitrogen and oxygen atoms in total. The van der Waals surface area contributed by atoms with Gasteiger partial charge in [-0.25, -0.2) is 4.68 Å². The van der Waals surface area contributed by atoms with Gasteiger partial charge in [-0.05, 0) is 0 Å². The van der Waals surface area contributed by atoms with E-state index in [2.05, 4.69) is 10.3 Å². The van der Waals surface area contributed by atoms with Crippen LogP contribution in [0, 0.1) is 0 Å². The van der Waals surface area contributed by atoms with E-state index in [0.717, 1.165) is 4.68 Å². The molecule has 0 saturated heterocycles. The Morgan fingerprint density at radius 2 is 2.18 bits per heavy atom. The topological polar surface area (TPSA) is 66.0 Å². The van der Waals surface area contributed by atoms with Crippen LogP contribution in [0.2, 0.25) is 0 Å². The van der Waals surface area contributed by atoms with Crippen molar-refractivity contribution in [3.05, 3.63) is 11.4 Å². The molecular weight excluding hydrogens is 257 g/mol. The summed E-state index contributed by atoms with van der Waals surface area (Å²) < 4.78 is 42.4. The quantitative estimate of drug-likeness (QED) is 0.795. The van der Waals surface area contributed by atoms with Crippen LogP contribution in [-0.4, -0.2) is 39.9 Å². The van der Waals surface area contributed by atoms with E-state index < -0.39 is 12.7 Å². The first-order chi connectivity index (χ1) is 7.85. The third-order valence-electron chi connectivity index (χ3n) is 1.94. The lowest BCUT2D eigenvalue weighted by Crippen LogP contribution is -2.22. The first-order valence-electron chi connectivity index (χ1n) is 4.63. The van der Waals surface area contributed by atoms with Crippen molar-refractivity contribution in [2.45, 2.75) is 19.1 Å². The summed E-state index contributed by atoms with van der Waals surface area (Å²) in [5.41, 5.74) is 5.70. The third kappa shape index (κ3) is 3.93. The fourth-order valence-corrected chi connectivity index (χ4v) is 1.43. The molecule has 0 aromatic carbocycles. The number of alkyl halides is 3. The lowest BCUT2D eigenvalue weighted by atomic mass is 10.2. The Morgan fingerprint density at radius 1 is 1.53 bits per heavy atom. The van der Waals surface area contributed by atoms with Gasteiger partial charge in [-0.1, -0.05) is 17.4 Å². The van der Waals surface area contributed by atoms with Crippen molar-refractivity contribution >= 4 is 17.2 Å². The molecule has 0 radical (unpaired) electrons. The SMILES string of the molecule is COCCc1c(C(N)=S)nnn1CC(F)(F)F. The summed E-state index contributed by atoms with van der Waals surface area (Å²) in [6, 6.07) is 0. The molecule has 0 aliphatic carbocycles. The number of aromatic nitrogens is 3. The second-order valence-electron chi connectivity index (χ2n) is 3.26. The lowest BCUT2D eigenvalue weighted by molar-refractivity contribution is -0.143. The molecule has 9 heteroatoms. The van der Waals surface area contributed by atoms with Gasteiger partial charge in [0.2, 0.25) is 0 Å². The van der Waals surface area contributed by atoms with Crippen LogP contribution in [0.4, 0.5) is 13.2 Å². The van der Waals surface area contributed by atoms with Gasteiger partial charge in [0.05, 0.1) is 12.3 Å². The predicted octanol–water partition coefficient (Wildman–Crippen LogP) is 0.663. The molecule has 0 saturated carbocycles. The number of nitrogens with zero attached hydrogens (tertiary/aromatic N) is 3. The van der Waals surface area contributed by atoms with E-state index in [0.29, 0.717) is 0 Å². The Kier molecular flexibility index (Phi) is 4.40. The van der Waals surface area contributed by atoms with Crippen LogP contribution >= 0.6 is 12.2 Å². The average Bonchev–Trinajstić information content (AvgIpc) is 2.55. The first kappa shape index (κ1) is 13.8. The predicted molar refractivity (Wildman–Crippen MR) is 57.5 cm³/mol. The van der Waals surface area contributed by atoms with E-state index in [4.69, 9.17) is 22.7 Å². The average molecular weight is 268 g/mol. The van der Waals surface area contributed by atoms with Crippen LogP contribution < -0.4 is 5.73 Å². The Balaban J connectivity index is 3.00. The van der Waals surface area contributed by atoms with E-state index in [-0.39, 0.29) is 29.4 Å². The van der Waals surface area contributed by atoms with Crippen LogP contribution in [0.3, 0.4) is 0 Å². The number of halogens is 3. The number of hydrogen-bond donors (Lipinski definition) is 1. The maximum atomic E-state index is 12.3. The van der Waals surface area contributed by atoms with Crippen LogP contribution in [0.25, 0.3) is 0 Å². The molecule has 0 aliphatic rings. The molecule has 0 fully saturated rings. The largest absolute Gasteiger partial charge is 0.408 e. The van der Waals surface area contributed by atoms with E-state index in [9.17, 15) is 13.2 Å². The number of methoxy groups -OCH3 is 1. The fourth-order valence-electron chi connectivity index (χ4n) is 1.27. The van der Waals surface area contributed by atoms with Gasteiger partial charge in [-0.2, -0.15) is 13.2 Å². The van der Waals surface area contributed by atoms with Gasteiger partial charge in [-0.15, -0.1) is 5.10 Å². The highest BCUT2D eigenvalue weighted by Gasteiger charge is 2.30. The number of thiocarbonyl (C=S) groups is 1. The van der Waals surface area contributed by atoms with Gasteiger partial charge in [0.25, 0.3) is 0 Å². The highest BCUT2D eigenvalue weighted by atomic mass is 32.1. The zero-order valence-corrected chi connectivity index (χ0v) is 9.81. The van der Waals surface area contributed by atoms with Crippen LogP contribution in [0.1, 0.15) is 11.4 Å². The molecule has 17 heavy (non-hydrogen) atoms. The molecule has 0 aliphatic heterocycles. The molecule has 0 bridgehead atoms. The van der Waals surface area contributed by atoms with Gasteiger partial charge >= 0.3 is 6.18 Å². The second-order valence-corrected chi connectivity index (χ2v) is 3.70. The minimum absolute atomic E-state index is 0.0791. The molecule has 0 spiro atoms. The standard InChI is InChI=1S/C8H11F3N4OS/c1-16-3-2-5-6(7(12)17)13-14-15(5)4-8(9,10)11/h2-4H2,1H3,(H2,12,17). The number of rotatable bonds is 5. The summed E-state index contributed by atoms with van der Waals surface area (Å²) in [4.78, 5) is -0.0791. The highest BCUT2D eigenvalue weighted by molar-refractivity contribution is 7.80. The molecular formula is C8H11F3N4OS. The number of nitrogens with two attached hydrogens (primary N) is 1. The monoisotopic (exact) mass is 268 g/mol. The molecule has 1 aromatic rings. The highest BCUT2D eigenvalue weighted by Crippen LogP contribution is 2.19.